The molecule has 6 nitrogen and oxygen atoms in total. The van der Waals surface area contributed by atoms with Crippen molar-refractivity contribution in [2.75, 3.05) is 6.54 Å². The van der Waals surface area contributed by atoms with Crippen molar-refractivity contribution in [1.82, 2.24) is 5.32 Å². The summed E-state index contributed by atoms with van der Waals surface area (Å²) in [5, 5.41) is 13.0. The molecule has 0 aliphatic carbocycles. The van der Waals surface area contributed by atoms with Gasteiger partial charge < -0.3 is 11.1 Å². The molecule has 3 N–H and O–H groups in total. The number of nitrogens with zero attached hydrogens (tertiary/aromatic N) is 1. The van der Waals surface area contributed by atoms with Crippen LogP contribution in [0.3, 0.4) is 0 Å². The monoisotopic (exact) mass is 277 g/mol. The Morgan fingerprint density at radius 1 is 1.56 bits per heavy atom. The molecule has 0 unspecified atom stereocenters. The summed E-state index contributed by atoms with van der Waals surface area (Å²) in [6, 6.07) is 2.42. The second-order valence-electron chi connectivity index (χ2n) is 3.57. The first-order valence-corrected chi connectivity index (χ1v) is 4.90. The summed E-state index contributed by atoms with van der Waals surface area (Å²) >= 11 is 0. The van der Waals surface area contributed by atoms with Crippen LogP contribution in [0.25, 0.3) is 0 Å². The van der Waals surface area contributed by atoms with Gasteiger partial charge in [-0.2, -0.15) is 0 Å². The van der Waals surface area contributed by atoms with E-state index < -0.39 is 22.3 Å². The Labute approximate surface area is 109 Å². The van der Waals surface area contributed by atoms with E-state index in [-0.39, 0.29) is 30.6 Å². The van der Waals surface area contributed by atoms with Gasteiger partial charge >= 0.3 is 0 Å². The topological polar surface area (TPSA) is 98.3 Å². The van der Waals surface area contributed by atoms with Crippen molar-refractivity contribution in [1.29, 1.82) is 0 Å². The Morgan fingerprint density at radius 2 is 2.17 bits per heavy atom. The van der Waals surface area contributed by atoms with Crippen LogP contribution in [0.4, 0.5) is 10.1 Å². The molecular formula is C10H13ClFN3O3. The maximum absolute atomic E-state index is 13.1. The fraction of sp³-hybridized carbons (Fsp3) is 0.300. The molecule has 1 amide bonds. The third kappa shape index (κ3) is 4.27. The lowest BCUT2D eigenvalue weighted by Crippen LogP contribution is -2.37. The van der Waals surface area contributed by atoms with Crippen molar-refractivity contribution in [3.63, 3.8) is 0 Å². The van der Waals surface area contributed by atoms with Gasteiger partial charge in [0.1, 0.15) is 5.82 Å². The van der Waals surface area contributed by atoms with Crippen molar-refractivity contribution in [2.45, 2.75) is 13.0 Å². The van der Waals surface area contributed by atoms with Gasteiger partial charge in [0, 0.05) is 24.2 Å². The molecule has 0 spiro atoms. The number of rotatable bonds is 4. The molecule has 0 saturated heterocycles. The molecule has 1 aromatic rings. The van der Waals surface area contributed by atoms with Crippen molar-refractivity contribution >= 4 is 24.0 Å². The molecule has 1 rings (SSSR count). The van der Waals surface area contributed by atoms with E-state index in [4.69, 9.17) is 5.73 Å². The summed E-state index contributed by atoms with van der Waals surface area (Å²) in [6.45, 7) is 1.90. The standard InChI is InChI=1S/C10H12FN3O3.ClH/c1-6(5-12)13-10(15)7-2-8(11)4-9(3-7)14(16)17;/h2-4,6H,5,12H2,1H3,(H,13,15);1H/t6-;/m1./s1. The first-order valence-electron chi connectivity index (χ1n) is 4.90. The van der Waals surface area contributed by atoms with E-state index in [2.05, 4.69) is 5.32 Å². The molecule has 8 heteroatoms. The van der Waals surface area contributed by atoms with Gasteiger partial charge in [-0.05, 0) is 13.0 Å². The van der Waals surface area contributed by atoms with Gasteiger partial charge in [0.15, 0.2) is 0 Å². The van der Waals surface area contributed by atoms with E-state index in [1.807, 2.05) is 0 Å². The number of non-ortho nitro benzene ring substituents is 1. The van der Waals surface area contributed by atoms with Gasteiger partial charge in [-0.3, -0.25) is 14.9 Å². The second kappa shape index (κ2) is 6.87. The van der Waals surface area contributed by atoms with Crippen LogP contribution in [0.1, 0.15) is 17.3 Å². The maximum atomic E-state index is 13.1. The average molecular weight is 278 g/mol. The molecule has 0 aromatic heterocycles. The van der Waals surface area contributed by atoms with Crippen LogP contribution in [0.2, 0.25) is 0 Å². The van der Waals surface area contributed by atoms with Crippen LogP contribution in [-0.2, 0) is 0 Å². The predicted octanol–water partition coefficient (Wildman–Crippen LogP) is 1.23. The highest BCUT2D eigenvalue weighted by Gasteiger charge is 2.15. The highest BCUT2D eigenvalue weighted by Crippen LogP contribution is 2.16. The number of nitrogens with two attached hydrogens (primary N) is 1. The predicted molar refractivity (Wildman–Crippen MR) is 66.3 cm³/mol. The van der Waals surface area contributed by atoms with E-state index in [1.54, 1.807) is 6.92 Å². The summed E-state index contributed by atoms with van der Waals surface area (Å²) in [7, 11) is 0. The average Bonchev–Trinajstić information content (AvgIpc) is 2.27. The molecule has 0 fully saturated rings. The van der Waals surface area contributed by atoms with E-state index in [0.717, 1.165) is 18.2 Å². The van der Waals surface area contributed by atoms with Crippen LogP contribution < -0.4 is 11.1 Å². The number of carbonyl (C=O) groups excluding carboxylic acids is 1. The van der Waals surface area contributed by atoms with E-state index in [1.165, 1.54) is 0 Å². The number of amides is 1. The summed E-state index contributed by atoms with van der Waals surface area (Å²) in [6.07, 6.45) is 0. The van der Waals surface area contributed by atoms with Gasteiger partial charge in [0.2, 0.25) is 0 Å². The zero-order valence-electron chi connectivity index (χ0n) is 9.55. The number of carbonyl (C=O) groups is 1. The molecular weight excluding hydrogens is 265 g/mol. The molecule has 1 aromatic carbocycles. The number of hydrogen-bond acceptors (Lipinski definition) is 4. The number of nitrogens with one attached hydrogen (secondary N) is 1. The molecule has 100 valence electrons. The van der Waals surface area contributed by atoms with Crippen molar-refractivity contribution in [2.24, 2.45) is 5.73 Å². The van der Waals surface area contributed by atoms with Crippen molar-refractivity contribution in [3.8, 4) is 0 Å². The molecule has 1 atom stereocenters. The lowest BCUT2D eigenvalue weighted by molar-refractivity contribution is -0.385. The second-order valence-corrected chi connectivity index (χ2v) is 3.57. The minimum atomic E-state index is -0.829. The molecule has 0 bridgehead atoms. The SMILES string of the molecule is C[C@H](CN)NC(=O)c1cc(F)cc([N+](=O)[O-])c1.Cl. The fourth-order valence-electron chi connectivity index (χ4n) is 1.18. The van der Waals surface area contributed by atoms with E-state index in [9.17, 15) is 19.3 Å². The summed E-state index contributed by atoms with van der Waals surface area (Å²) in [5.41, 5.74) is 4.75. The Hall–Kier alpha value is -1.73. The third-order valence-electron chi connectivity index (χ3n) is 2.09. The summed E-state index contributed by atoms with van der Waals surface area (Å²) < 4.78 is 13.1. The Bertz CT molecular complexity index is 456. The number of hydrogen-bond donors (Lipinski definition) is 2. The minimum absolute atomic E-state index is 0. The van der Waals surface area contributed by atoms with Crippen molar-refractivity contribution < 1.29 is 14.1 Å². The Kier molecular flexibility index (Phi) is 6.21. The number of nitro groups is 1. The van der Waals surface area contributed by atoms with Crippen molar-refractivity contribution in [3.05, 3.63) is 39.7 Å². The molecule has 0 radical (unpaired) electrons. The van der Waals surface area contributed by atoms with Crippen LogP contribution in [0, 0.1) is 15.9 Å². The first-order chi connectivity index (χ1) is 7.93. The molecule has 0 aliphatic heterocycles. The molecule has 0 saturated carbocycles. The molecule has 0 heterocycles. The smallest absolute Gasteiger partial charge is 0.273 e. The molecule has 0 aliphatic rings. The minimum Gasteiger partial charge on any atom is -0.348 e. The van der Waals surface area contributed by atoms with Gasteiger partial charge in [0.25, 0.3) is 11.6 Å². The van der Waals surface area contributed by atoms with Gasteiger partial charge in [-0.25, -0.2) is 4.39 Å². The highest BCUT2D eigenvalue weighted by molar-refractivity contribution is 5.95. The Balaban J connectivity index is 0.00000289. The van der Waals surface area contributed by atoms with Gasteiger partial charge in [0.05, 0.1) is 11.0 Å². The third-order valence-corrected chi connectivity index (χ3v) is 2.09. The zero-order chi connectivity index (χ0) is 13.0. The zero-order valence-corrected chi connectivity index (χ0v) is 10.4. The highest BCUT2D eigenvalue weighted by atomic mass is 35.5. The summed E-state index contributed by atoms with van der Waals surface area (Å²) in [4.78, 5) is 21.3. The van der Waals surface area contributed by atoms with Crippen LogP contribution >= 0.6 is 12.4 Å². The van der Waals surface area contributed by atoms with Crippen LogP contribution in [-0.4, -0.2) is 23.4 Å². The quantitative estimate of drug-likeness (QED) is 0.639. The number of halogens is 2. The van der Waals surface area contributed by atoms with Gasteiger partial charge in [-0.15, -0.1) is 12.4 Å². The maximum Gasteiger partial charge on any atom is 0.273 e. The van der Waals surface area contributed by atoms with Crippen LogP contribution in [0.15, 0.2) is 18.2 Å². The lowest BCUT2D eigenvalue weighted by Gasteiger charge is -2.11. The Morgan fingerprint density at radius 3 is 2.67 bits per heavy atom. The molecule has 18 heavy (non-hydrogen) atoms. The van der Waals surface area contributed by atoms with Gasteiger partial charge in [-0.1, -0.05) is 0 Å². The number of nitro benzene ring substituents is 1. The summed E-state index contributed by atoms with van der Waals surface area (Å²) in [5.74, 6) is -1.42. The van der Waals surface area contributed by atoms with E-state index >= 15 is 0 Å². The normalized spacial score (nSPS) is 11.3. The van der Waals surface area contributed by atoms with E-state index in [0.29, 0.717) is 0 Å². The fourth-order valence-corrected chi connectivity index (χ4v) is 1.18. The lowest BCUT2D eigenvalue weighted by atomic mass is 10.1. The largest absolute Gasteiger partial charge is 0.348 e. The first kappa shape index (κ1) is 16.3. The number of benzene rings is 1. The van der Waals surface area contributed by atoms with Crippen LogP contribution in [0.5, 0.6) is 0 Å².